The average molecular weight is 369 g/mol. The van der Waals surface area contributed by atoms with Crippen LogP contribution in [-0.4, -0.2) is 33.6 Å². The molecule has 26 heavy (non-hydrogen) atoms. The van der Waals surface area contributed by atoms with Gasteiger partial charge in [0, 0.05) is 35.9 Å². The fraction of sp³-hybridized carbons (Fsp3) is 0.400. The lowest BCUT2D eigenvalue weighted by Crippen LogP contribution is -2.35. The highest BCUT2D eigenvalue weighted by molar-refractivity contribution is 8.00. The number of anilines is 1. The molecule has 2 aliphatic rings. The number of amides is 2. The van der Waals surface area contributed by atoms with Gasteiger partial charge in [-0.25, -0.2) is 0 Å². The molecule has 1 aromatic carbocycles. The minimum atomic E-state index is -0.0106. The molecular formula is C20H23N3O2S. The summed E-state index contributed by atoms with van der Waals surface area (Å²) in [6.45, 7) is 0.771. The van der Waals surface area contributed by atoms with E-state index in [2.05, 4.69) is 16.0 Å². The van der Waals surface area contributed by atoms with Gasteiger partial charge in [0.2, 0.25) is 5.91 Å². The van der Waals surface area contributed by atoms with Crippen molar-refractivity contribution in [2.45, 2.75) is 36.6 Å². The first-order chi connectivity index (χ1) is 12.6. The number of nitrogens with zero attached hydrogens (tertiary/aromatic N) is 2. The highest BCUT2D eigenvalue weighted by Crippen LogP contribution is 2.35. The SMILES string of the molecule is Cn1cccc1C1CCCCCN1C(=O)c1ccc2c(c1)NC(=O)CS2. The van der Waals surface area contributed by atoms with Gasteiger partial charge in [0.25, 0.3) is 5.91 Å². The number of thioether (sulfide) groups is 1. The third-order valence-electron chi connectivity index (χ3n) is 5.20. The van der Waals surface area contributed by atoms with Crippen LogP contribution < -0.4 is 5.32 Å². The van der Waals surface area contributed by atoms with Crippen molar-refractivity contribution in [2.75, 3.05) is 17.6 Å². The van der Waals surface area contributed by atoms with Gasteiger partial charge in [-0.3, -0.25) is 9.59 Å². The van der Waals surface area contributed by atoms with E-state index >= 15 is 0 Å². The molecule has 0 spiro atoms. The summed E-state index contributed by atoms with van der Waals surface area (Å²) < 4.78 is 2.11. The molecule has 0 radical (unpaired) electrons. The van der Waals surface area contributed by atoms with E-state index in [0.717, 1.165) is 42.8 Å². The van der Waals surface area contributed by atoms with Gasteiger partial charge in [-0.15, -0.1) is 11.8 Å². The summed E-state index contributed by atoms with van der Waals surface area (Å²) in [4.78, 5) is 28.0. The van der Waals surface area contributed by atoms with E-state index in [1.54, 1.807) is 0 Å². The summed E-state index contributed by atoms with van der Waals surface area (Å²) in [5.41, 5.74) is 2.58. The Balaban J connectivity index is 1.65. The molecule has 1 unspecified atom stereocenters. The van der Waals surface area contributed by atoms with Gasteiger partial charge in [0.05, 0.1) is 17.5 Å². The van der Waals surface area contributed by atoms with E-state index in [1.807, 2.05) is 42.4 Å². The number of carbonyl (C=O) groups is 2. The van der Waals surface area contributed by atoms with Crippen molar-refractivity contribution >= 4 is 29.3 Å². The largest absolute Gasteiger partial charge is 0.353 e. The Morgan fingerprint density at radius 3 is 2.92 bits per heavy atom. The van der Waals surface area contributed by atoms with Gasteiger partial charge in [0.1, 0.15) is 0 Å². The summed E-state index contributed by atoms with van der Waals surface area (Å²) in [6.07, 6.45) is 6.35. The van der Waals surface area contributed by atoms with E-state index in [9.17, 15) is 9.59 Å². The highest BCUT2D eigenvalue weighted by atomic mass is 32.2. The molecule has 136 valence electrons. The van der Waals surface area contributed by atoms with E-state index in [4.69, 9.17) is 0 Å². The van der Waals surface area contributed by atoms with Crippen LogP contribution in [0.3, 0.4) is 0 Å². The van der Waals surface area contributed by atoms with Crippen LogP contribution in [0.5, 0.6) is 0 Å². The summed E-state index contributed by atoms with van der Waals surface area (Å²) in [7, 11) is 2.04. The Kier molecular flexibility index (Phi) is 4.76. The van der Waals surface area contributed by atoms with Gasteiger partial charge < -0.3 is 14.8 Å². The maximum atomic E-state index is 13.3. The molecular weight excluding hydrogens is 346 g/mol. The molecule has 3 heterocycles. The number of fused-ring (bicyclic) bond motifs is 1. The topological polar surface area (TPSA) is 54.3 Å². The van der Waals surface area contributed by atoms with Crippen molar-refractivity contribution in [3.05, 3.63) is 47.8 Å². The summed E-state index contributed by atoms with van der Waals surface area (Å²) in [6, 6.07) is 9.91. The second-order valence-corrected chi connectivity index (χ2v) is 7.97. The van der Waals surface area contributed by atoms with Crippen molar-refractivity contribution in [1.29, 1.82) is 0 Å². The zero-order valence-corrected chi connectivity index (χ0v) is 15.7. The number of hydrogen-bond acceptors (Lipinski definition) is 3. The zero-order chi connectivity index (χ0) is 18.1. The van der Waals surface area contributed by atoms with Crippen LogP contribution in [-0.2, 0) is 11.8 Å². The van der Waals surface area contributed by atoms with Gasteiger partial charge in [-0.2, -0.15) is 0 Å². The second kappa shape index (κ2) is 7.19. The van der Waals surface area contributed by atoms with Gasteiger partial charge in [0.15, 0.2) is 0 Å². The number of nitrogens with one attached hydrogen (secondary N) is 1. The molecule has 5 nitrogen and oxygen atoms in total. The monoisotopic (exact) mass is 369 g/mol. The Morgan fingerprint density at radius 2 is 2.12 bits per heavy atom. The molecule has 2 amide bonds. The maximum absolute atomic E-state index is 13.3. The van der Waals surface area contributed by atoms with Gasteiger partial charge >= 0.3 is 0 Å². The Bertz CT molecular complexity index is 845. The van der Waals surface area contributed by atoms with E-state index in [-0.39, 0.29) is 17.9 Å². The van der Waals surface area contributed by atoms with Crippen molar-refractivity contribution in [3.63, 3.8) is 0 Å². The lowest BCUT2D eigenvalue weighted by molar-refractivity contribution is -0.113. The molecule has 1 atom stereocenters. The third-order valence-corrected chi connectivity index (χ3v) is 6.27. The molecule has 2 aliphatic heterocycles. The molecule has 2 aromatic rings. The van der Waals surface area contributed by atoms with E-state index in [0.29, 0.717) is 11.3 Å². The van der Waals surface area contributed by atoms with Crippen molar-refractivity contribution in [1.82, 2.24) is 9.47 Å². The Morgan fingerprint density at radius 1 is 1.23 bits per heavy atom. The number of aryl methyl sites for hydroxylation is 1. The first-order valence-corrected chi connectivity index (χ1v) is 10.1. The number of hydrogen-bond donors (Lipinski definition) is 1. The first kappa shape index (κ1) is 17.2. The molecule has 1 saturated heterocycles. The molecule has 0 bridgehead atoms. The van der Waals surface area contributed by atoms with Crippen LogP contribution in [0.4, 0.5) is 5.69 Å². The quantitative estimate of drug-likeness (QED) is 0.875. The lowest BCUT2D eigenvalue weighted by Gasteiger charge is -2.31. The van der Waals surface area contributed by atoms with Crippen molar-refractivity contribution < 1.29 is 9.59 Å². The fourth-order valence-electron chi connectivity index (χ4n) is 3.86. The molecule has 1 N–H and O–H groups in total. The standard InChI is InChI=1S/C20H23N3O2S/c1-22-10-5-7-16(22)17-6-3-2-4-11-23(17)20(25)14-8-9-18-15(12-14)21-19(24)13-26-18/h5,7-10,12,17H,2-4,6,11,13H2,1H3,(H,21,24). The Labute approximate surface area is 157 Å². The summed E-state index contributed by atoms with van der Waals surface area (Å²) in [5, 5.41) is 2.88. The molecule has 0 saturated carbocycles. The molecule has 4 rings (SSSR count). The second-order valence-electron chi connectivity index (χ2n) is 6.96. The summed E-state index contributed by atoms with van der Waals surface area (Å²) in [5.74, 6) is 0.469. The summed E-state index contributed by atoms with van der Waals surface area (Å²) >= 11 is 1.52. The number of likely N-dealkylation sites (tertiary alicyclic amines) is 1. The minimum absolute atomic E-state index is 0.0106. The molecule has 1 fully saturated rings. The van der Waals surface area contributed by atoms with E-state index in [1.165, 1.54) is 17.5 Å². The predicted molar refractivity (Wildman–Crippen MR) is 103 cm³/mol. The molecule has 6 heteroatoms. The van der Waals surface area contributed by atoms with Crippen LogP contribution >= 0.6 is 11.8 Å². The lowest BCUT2D eigenvalue weighted by atomic mass is 10.0. The van der Waals surface area contributed by atoms with Gasteiger partial charge in [-0.1, -0.05) is 12.8 Å². The normalized spacial score (nSPS) is 20.3. The predicted octanol–water partition coefficient (Wildman–Crippen LogP) is 3.83. The number of carbonyl (C=O) groups excluding carboxylic acids is 2. The minimum Gasteiger partial charge on any atom is -0.353 e. The maximum Gasteiger partial charge on any atom is 0.254 e. The van der Waals surface area contributed by atoms with Crippen molar-refractivity contribution in [2.24, 2.45) is 7.05 Å². The molecule has 1 aromatic heterocycles. The smallest absolute Gasteiger partial charge is 0.254 e. The van der Waals surface area contributed by atoms with Crippen LogP contribution in [0.1, 0.15) is 47.8 Å². The van der Waals surface area contributed by atoms with Crippen LogP contribution in [0.2, 0.25) is 0 Å². The Hall–Kier alpha value is -2.21. The van der Waals surface area contributed by atoms with Crippen LogP contribution in [0, 0.1) is 0 Å². The number of aromatic nitrogens is 1. The fourth-order valence-corrected chi connectivity index (χ4v) is 4.65. The highest BCUT2D eigenvalue weighted by Gasteiger charge is 2.29. The number of rotatable bonds is 2. The van der Waals surface area contributed by atoms with Crippen LogP contribution in [0.15, 0.2) is 41.4 Å². The average Bonchev–Trinajstić information content (AvgIpc) is 2.92. The third kappa shape index (κ3) is 3.26. The van der Waals surface area contributed by atoms with Gasteiger partial charge in [-0.05, 0) is 43.2 Å². The molecule has 0 aliphatic carbocycles. The zero-order valence-electron chi connectivity index (χ0n) is 14.9. The first-order valence-electron chi connectivity index (χ1n) is 9.12. The number of benzene rings is 1. The van der Waals surface area contributed by atoms with Crippen molar-refractivity contribution in [3.8, 4) is 0 Å². The van der Waals surface area contributed by atoms with E-state index < -0.39 is 0 Å². The van der Waals surface area contributed by atoms with Crippen LogP contribution in [0.25, 0.3) is 0 Å².